The molecule has 2 rings (SSSR count). The molecule has 1 N–H and O–H groups in total. The van der Waals surface area contributed by atoms with E-state index in [0.29, 0.717) is 18.0 Å². The highest BCUT2D eigenvalue weighted by Crippen LogP contribution is 2.23. The summed E-state index contributed by atoms with van der Waals surface area (Å²) < 4.78 is 33.4. The normalized spacial score (nSPS) is 11.2. The second-order valence-electron chi connectivity index (χ2n) is 4.47. The van der Waals surface area contributed by atoms with Gasteiger partial charge in [0.05, 0.1) is 11.5 Å². The summed E-state index contributed by atoms with van der Waals surface area (Å²) in [4.78, 5) is 0.233. The van der Waals surface area contributed by atoms with Crippen molar-refractivity contribution >= 4 is 31.6 Å². The van der Waals surface area contributed by atoms with Crippen LogP contribution in [-0.2, 0) is 10.0 Å². The zero-order valence-corrected chi connectivity index (χ0v) is 14.2. The van der Waals surface area contributed by atoms with E-state index in [2.05, 4.69) is 20.7 Å². The topological polar surface area (TPSA) is 55.4 Å². The fourth-order valence-corrected chi connectivity index (χ4v) is 3.17. The molecule has 0 aliphatic rings. The van der Waals surface area contributed by atoms with Crippen molar-refractivity contribution in [3.05, 3.63) is 52.5 Å². The van der Waals surface area contributed by atoms with Crippen LogP contribution in [0.4, 0.5) is 5.69 Å². The summed E-state index contributed by atoms with van der Waals surface area (Å²) in [6.45, 7) is 4.32. The molecule has 2 aromatic rings. The molecule has 0 aliphatic heterocycles. The molecule has 0 amide bonds. The van der Waals surface area contributed by atoms with E-state index < -0.39 is 10.0 Å². The van der Waals surface area contributed by atoms with Gasteiger partial charge in [-0.1, -0.05) is 15.9 Å². The largest absolute Gasteiger partial charge is 0.494 e. The predicted molar refractivity (Wildman–Crippen MR) is 87.3 cm³/mol. The van der Waals surface area contributed by atoms with Crippen LogP contribution in [0.15, 0.2) is 51.8 Å². The molecular weight excluding hydrogens is 354 g/mol. The van der Waals surface area contributed by atoms with Crippen molar-refractivity contribution in [1.29, 1.82) is 0 Å². The number of benzene rings is 2. The fourth-order valence-electron chi connectivity index (χ4n) is 1.78. The van der Waals surface area contributed by atoms with Crippen molar-refractivity contribution < 1.29 is 13.2 Å². The minimum Gasteiger partial charge on any atom is -0.494 e. The number of rotatable bonds is 5. The molecule has 0 unspecified atom stereocenters. The van der Waals surface area contributed by atoms with Gasteiger partial charge in [-0.15, -0.1) is 0 Å². The molecule has 0 atom stereocenters. The number of anilines is 1. The van der Waals surface area contributed by atoms with Crippen LogP contribution >= 0.6 is 15.9 Å². The molecule has 0 aliphatic carbocycles. The van der Waals surface area contributed by atoms with Gasteiger partial charge in [0.15, 0.2) is 0 Å². The van der Waals surface area contributed by atoms with Gasteiger partial charge in [-0.05, 0) is 61.9 Å². The highest BCUT2D eigenvalue weighted by Gasteiger charge is 2.15. The molecule has 2 aromatic carbocycles. The van der Waals surface area contributed by atoms with Crippen molar-refractivity contribution in [2.24, 2.45) is 0 Å². The van der Waals surface area contributed by atoms with E-state index in [4.69, 9.17) is 4.74 Å². The third-order valence-electron chi connectivity index (χ3n) is 2.86. The van der Waals surface area contributed by atoms with Gasteiger partial charge in [0.25, 0.3) is 10.0 Å². The number of nitrogens with one attached hydrogen (secondary N) is 1. The molecule has 0 radical (unpaired) electrons. The van der Waals surface area contributed by atoms with Crippen molar-refractivity contribution in [2.45, 2.75) is 18.7 Å². The van der Waals surface area contributed by atoms with Gasteiger partial charge in [0.1, 0.15) is 5.75 Å². The molecule has 0 bridgehead atoms. The highest BCUT2D eigenvalue weighted by molar-refractivity contribution is 9.10. The maximum Gasteiger partial charge on any atom is 0.261 e. The van der Waals surface area contributed by atoms with Gasteiger partial charge in [-0.2, -0.15) is 0 Å². The molecule has 0 aromatic heterocycles. The molecule has 0 saturated heterocycles. The molecule has 21 heavy (non-hydrogen) atoms. The number of ether oxygens (including phenoxy) is 1. The van der Waals surface area contributed by atoms with Crippen LogP contribution in [0.5, 0.6) is 5.75 Å². The number of sulfonamides is 1. The van der Waals surface area contributed by atoms with Crippen molar-refractivity contribution in [3.63, 3.8) is 0 Å². The third kappa shape index (κ3) is 3.98. The zero-order valence-electron chi connectivity index (χ0n) is 11.8. The van der Waals surface area contributed by atoms with E-state index in [1.165, 1.54) is 0 Å². The summed E-state index contributed by atoms with van der Waals surface area (Å²) >= 11 is 3.36. The van der Waals surface area contributed by atoms with Crippen LogP contribution in [0.3, 0.4) is 0 Å². The molecule has 4 nitrogen and oxygen atoms in total. The Morgan fingerprint density at radius 1 is 1.14 bits per heavy atom. The maximum atomic E-state index is 12.3. The summed E-state index contributed by atoms with van der Waals surface area (Å²) in [5.74, 6) is 0.708. The molecule has 0 spiro atoms. The van der Waals surface area contributed by atoms with Crippen LogP contribution in [0.25, 0.3) is 0 Å². The van der Waals surface area contributed by atoms with E-state index >= 15 is 0 Å². The molecule has 0 saturated carbocycles. The number of halogens is 1. The Labute approximate surface area is 133 Å². The summed E-state index contributed by atoms with van der Waals surface area (Å²) in [5.41, 5.74) is 1.36. The molecule has 0 fully saturated rings. The SMILES string of the molecule is CCOc1ccc(NS(=O)(=O)c2ccc(Br)c(C)c2)cc1. The Hall–Kier alpha value is -1.53. The van der Waals surface area contributed by atoms with E-state index in [9.17, 15) is 8.42 Å². The molecule has 0 heterocycles. The first kappa shape index (κ1) is 15.9. The molecule has 6 heteroatoms. The lowest BCUT2D eigenvalue weighted by atomic mass is 10.2. The number of aryl methyl sites for hydroxylation is 1. The first-order chi connectivity index (χ1) is 9.92. The first-order valence-corrected chi connectivity index (χ1v) is 8.72. The monoisotopic (exact) mass is 369 g/mol. The average Bonchev–Trinajstić information content (AvgIpc) is 2.44. The summed E-state index contributed by atoms with van der Waals surface area (Å²) in [6.07, 6.45) is 0. The van der Waals surface area contributed by atoms with Gasteiger partial charge in [-0.25, -0.2) is 8.42 Å². The lowest BCUT2D eigenvalue weighted by molar-refractivity contribution is 0.340. The molecular formula is C15H16BrNO3S. The smallest absolute Gasteiger partial charge is 0.261 e. The second-order valence-corrected chi connectivity index (χ2v) is 7.01. The summed E-state index contributed by atoms with van der Waals surface area (Å²) in [6, 6.07) is 11.7. The van der Waals surface area contributed by atoms with E-state index in [-0.39, 0.29) is 4.90 Å². The maximum absolute atomic E-state index is 12.3. The van der Waals surface area contributed by atoms with Crippen LogP contribution < -0.4 is 9.46 Å². The average molecular weight is 370 g/mol. The minimum atomic E-state index is -3.59. The summed E-state index contributed by atoms with van der Waals surface area (Å²) in [5, 5.41) is 0. The minimum absolute atomic E-state index is 0.233. The van der Waals surface area contributed by atoms with Crippen molar-refractivity contribution in [1.82, 2.24) is 0 Å². The Balaban J connectivity index is 2.22. The lowest BCUT2D eigenvalue weighted by Gasteiger charge is -2.10. The van der Waals surface area contributed by atoms with Gasteiger partial charge < -0.3 is 4.74 Å². The third-order valence-corrected chi connectivity index (χ3v) is 5.13. The Kier molecular flexibility index (Phi) is 4.90. The van der Waals surface area contributed by atoms with E-state index in [0.717, 1.165) is 10.0 Å². The van der Waals surface area contributed by atoms with Gasteiger partial charge in [-0.3, -0.25) is 4.72 Å². The van der Waals surface area contributed by atoms with Gasteiger partial charge in [0, 0.05) is 10.2 Å². The first-order valence-electron chi connectivity index (χ1n) is 6.44. The lowest BCUT2D eigenvalue weighted by Crippen LogP contribution is -2.13. The zero-order chi connectivity index (χ0) is 15.5. The standard InChI is InChI=1S/C15H16BrNO3S/c1-3-20-13-6-4-12(5-7-13)17-21(18,19)14-8-9-15(16)11(2)10-14/h4-10,17H,3H2,1-2H3. The van der Waals surface area contributed by atoms with E-state index in [1.807, 2.05) is 13.8 Å². The molecule has 112 valence electrons. The van der Waals surface area contributed by atoms with E-state index in [1.54, 1.807) is 42.5 Å². The number of hydrogen-bond donors (Lipinski definition) is 1. The summed E-state index contributed by atoms with van der Waals surface area (Å²) in [7, 11) is -3.59. The van der Waals surface area contributed by atoms with Crippen LogP contribution in [0.2, 0.25) is 0 Å². The van der Waals surface area contributed by atoms with Crippen LogP contribution in [0.1, 0.15) is 12.5 Å². The van der Waals surface area contributed by atoms with Crippen molar-refractivity contribution in [2.75, 3.05) is 11.3 Å². The second kappa shape index (κ2) is 6.49. The Morgan fingerprint density at radius 2 is 1.81 bits per heavy atom. The Morgan fingerprint density at radius 3 is 2.38 bits per heavy atom. The predicted octanol–water partition coefficient (Wildman–Crippen LogP) is 3.96. The fraction of sp³-hybridized carbons (Fsp3) is 0.200. The Bertz CT molecular complexity index is 727. The van der Waals surface area contributed by atoms with Crippen molar-refractivity contribution in [3.8, 4) is 5.75 Å². The van der Waals surface area contributed by atoms with Crippen LogP contribution in [-0.4, -0.2) is 15.0 Å². The van der Waals surface area contributed by atoms with Gasteiger partial charge in [0.2, 0.25) is 0 Å². The van der Waals surface area contributed by atoms with Crippen LogP contribution in [0, 0.1) is 6.92 Å². The number of hydrogen-bond acceptors (Lipinski definition) is 3. The quantitative estimate of drug-likeness (QED) is 0.867. The van der Waals surface area contributed by atoms with Gasteiger partial charge >= 0.3 is 0 Å². The highest BCUT2D eigenvalue weighted by atomic mass is 79.9.